The lowest BCUT2D eigenvalue weighted by atomic mass is 10.1. The number of thioether (sulfide) groups is 1. The van der Waals surface area contributed by atoms with Gasteiger partial charge in [-0.3, -0.25) is 0 Å². The summed E-state index contributed by atoms with van der Waals surface area (Å²) in [6.45, 7) is 4.52. The zero-order chi connectivity index (χ0) is 13.5. The van der Waals surface area contributed by atoms with Gasteiger partial charge >= 0.3 is 0 Å². The molecule has 0 saturated carbocycles. The van der Waals surface area contributed by atoms with Crippen LogP contribution in [-0.2, 0) is 17.8 Å². The number of hydrogen-bond donors (Lipinski definition) is 1. The van der Waals surface area contributed by atoms with Crippen LogP contribution in [0, 0.1) is 0 Å². The van der Waals surface area contributed by atoms with Crippen molar-refractivity contribution >= 4 is 11.8 Å². The predicted octanol–water partition coefficient (Wildman–Crippen LogP) is 2.20. The number of ether oxygens (including phenoxy) is 1. The van der Waals surface area contributed by atoms with E-state index in [1.807, 2.05) is 0 Å². The molecule has 1 aromatic heterocycles. The second kappa shape index (κ2) is 7.87. The molecule has 108 valence electrons. The molecule has 0 spiro atoms. The lowest BCUT2D eigenvalue weighted by Crippen LogP contribution is -2.09. The van der Waals surface area contributed by atoms with Crippen LogP contribution in [0.1, 0.15) is 44.9 Å². The maximum atomic E-state index is 5.68. The molecule has 0 radical (unpaired) electrons. The first-order valence-electron chi connectivity index (χ1n) is 7.21. The van der Waals surface area contributed by atoms with E-state index in [1.165, 1.54) is 25.7 Å². The summed E-state index contributed by atoms with van der Waals surface area (Å²) in [5.41, 5.74) is 5.68. The van der Waals surface area contributed by atoms with Crippen molar-refractivity contribution in [2.45, 2.75) is 63.4 Å². The van der Waals surface area contributed by atoms with Crippen molar-refractivity contribution in [3.05, 3.63) is 5.82 Å². The lowest BCUT2D eigenvalue weighted by Gasteiger charge is -2.09. The maximum absolute atomic E-state index is 5.68. The predicted molar refractivity (Wildman–Crippen MR) is 77.1 cm³/mol. The highest BCUT2D eigenvalue weighted by atomic mass is 32.2. The molecule has 0 aromatic carbocycles. The molecule has 19 heavy (non-hydrogen) atoms. The summed E-state index contributed by atoms with van der Waals surface area (Å²) < 4.78 is 7.78. The van der Waals surface area contributed by atoms with E-state index in [-0.39, 0.29) is 0 Å². The molecule has 0 bridgehead atoms. The van der Waals surface area contributed by atoms with Gasteiger partial charge in [-0.15, -0.1) is 10.2 Å². The largest absolute Gasteiger partial charge is 0.378 e. The van der Waals surface area contributed by atoms with Gasteiger partial charge in [-0.25, -0.2) is 0 Å². The van der Waals surface area contributed by atoms with Crippen molar-refractivity contribution in [1.29, 1.82) is 0 Å². The Balaban J connectivity index is 1.76. The molecule has 1 aliphatic heterocycles. The van der Waals surface area contributed by atoms with Crippen molar-refractivity contribution in [2.75, 3.05) is 12.4 Å². The van der Waals surface area contributed by atoms with E-state index in [1.54, 1.807) is 11.8 Å². The highest BCUT2D eigenvalue weighted by Gasteiger charge is 2.15. The highest BCUT2D eigenvalue weighted by Crippen LogP contribution is 2.22. The number of nitrogens with two attached hydrogens (primary N) is 1. The van der Waals surface area contributed by atoms with Crippen LogP contribution in [0.4, 0.5) is 0 Å². The van der Waals surface area contributed by atoms with Gasteiger partial charge in [-0.2, -0.15) is 0 Å². The summed E-state index contributed by atoms with van der Waals surface area (Å²) in [7, 11) is 0. The Morgan fingerprint density at radius 3 is 3.05 bits per heavy atom. The second-order valence-corrected chi connectivity index (χ2v) is 5.94. The molecule has 2 heterocycles. The van der Waals surface area contributed by atoms with E-state index >= 15 is 0 Å². The molecule has 5 nitrogen and oxygen atoms in total. The Morgan fingerprint density at radius 2 is 2.37 bits per heavy atom. The van der Waals surface area contributed by atoms with Crippen molar-refractivity contribution in [3.63, 3.8) is 0 Å². The third-order valence-electron chi connectivity index (χ3n) is 3.35. The van der Waals surface area contributed by atoms with Crippen LogP contribution in [-0.4, -0.2) is 33.2 Å². The van der Waals surface area contributed by atoms with Gasteiger partial charge in [0.25, 0.3) is 0 Å². The van der Waals surface area contributed by atoms with Crippen LogP contribution in [0.5, 0.6) is 0 Å². The normalized spacial score (nSPS) is 19.2. The minimum absolute atomic E-state index is 0.462. The fourth-order valence-electron chi connectivity index (χ4n) is 2.37. The van der Waals surface area contributed by atoms with E-state index < -0.39 is 0 Å². The first-order chi connectivity index (χ1) is 9.35. The van der Waals surface area contributed by atoms with Crippen LogP contribution >= 0.6 is 11.8 Å². The number of rotatable bonds is 8. The molecule has 1 aromatic rings. The Labute approximate surface area is 119 Å². The first-order valence-corrected chi connectivity index (χ1v) is 8.20. The zero-order valence-electron chi connectivity index (χ0n) is 11.7. The Kier molecular flexibility index (Phi) is 6.13. The molecular formula is C13H24N4OS. The molecular weight excluding hydrogens is 260 g/mol. The van der Waals surface area contributed by atoms with Crippen molar-refractivity contribution in [3.8, 4) is 0 Å². The van der Waals surface area contributed by atoms with Crippen LogP contribution in [0.15, 0.2) is 5.16 Å². The highest BCUT2D eigenvalue weighted by molar-refractivity contribution is 7.99. The van der Waals surface area contributed by atoms with Gasteiger partial charge in [0.2, 0.25) is 0 Å². The van der Waals surface area contributed by atoms with E-state index in [9.17, 15) is 0 Å². The molecule has 2 N–H and O–H groups in total. The molecule has 6 heteroatoms. The molecule has 0 amide bonds. The quantitative estimate of drug-likeness (QED) is 0.585. The standard InChI is InChI=1S/C13H24N4OS/c1-2-7-17-12(10-14)15-16-13(17)19-9-4-6-11-5-3-8-18-11/h11H,2-10,14H2,1H3. The Hall–Kier alpha value is -0.590. The van der Waals surface area contributed by atoms with E-state index in [2.05, 4.69) is 21.7 Å². The van der Waals surface area contributed by atoms with Gasteiger partial charge in [0.1, 0.15) is 5.82 Å². The minimum Gasteiger partial charge on any atom is -0.378 e. The lowest BCUT2D eigenvalue weighted by molar-refractivity contribution is 0.104. The third kappa shape index (κ3) is 4.19. The maximum Gasteiger partial charge on any atom is 0.191 e. The van der Waals surface area contributed by atoms with Crippen LogP contribution < -0.4 is 5.73 Å². The summed E-state index contributed by atoms with van der Waals surface area (Å²) in [4.78, 5) is 0. The van der Waals surface area contributed by atoms with Gasteiger partial charge in [0, 0.05) is 18.9 Å². The van der Waals surface area contributed by atoms with Gasteiger partial charge in [0.15, 0.2) is 5.16 Å². The summed E-state index contributed by atoms with van der Waals surface area (Å²) in [5.74, 6) is 1.97. The van der Waals surface area contributed by atoms with Gasteiger partial charge in [-0.05, 0) is 32.1 Å². The number of aromatic nitrogens is 3. The molecule has 1 atom stereocenters. The number of hydrogen-bond acceptors (Lipinski definition) is 5. The van der Waals surface area contributed by atoms with Crippen LogP contribution in [0.25, 0.3) is 0 Å². The van der Waals surface area contributed by atoms with E-state index in [0.29, 0.717) is 12.6 Å². The SMILES string of the molecule is CCCn1c(CN)nnc1SCCCC1CCCO1. The fourth-order valence-corrected chi connectivity index (χ4v) is 3.32. The number of nitrogens with zero attached hydrogens (tertiary/aromatic N) is 3. The summed E-state index contributed by atoms with van der Waals surface area (Å²) in [6.07, 6.45) is 6.37. The summed E-state index contributed by atoms with van der Waals surface area (Å²) in [6, 6.07) is 0. The van der Waals surface area contributed by atoms with Gasteiger partial charge in [-0.1, -0.05) is 18.7 Å². The minimum atomic E-state index is 0.462. The van der Waals surface area contributed by atoms with Crippen molar-refractivity contribution in [1.82, 2.24) is 14.8 Å². The second-order valence-electron chi connectivity index (χ2n) is 4.88. The molecule has 1 saturated heterocycles. The van der Waals surface area contributed by atoms with Gasteiger partial charge in [0.05, 0.1) is 12.6 Å². The van der Waals surface area contributed by atoms with Gasteiger partial charge < -0.3 is 15.0 Å². The average Bonchev–Trinajstić information content (AvgIpc) is 3.05. The fraction of sp³-hybridized carbons (Fsp3) is 0.846. The monoisotopic (exact) mass is 284 g/mol. The summed E-state index contributed by atoms with van der Waals surface area (Å²) >= 11 is 1.78. The smallest absolute Gasteiger partial charge is 0.191 e. The Morgan fingerprint density at radius 1 is 1.47 bits per heavy atom. The Bertz CT molecular complexity index is 377. The molecule has 2 rings (SSSR count). The molecule has 1 aliphatic rings. The van der Waals surface area contributed by atoms with Crippen molar-refractivity contribution < 1.29 is 4.74 Å². The zero-order valence-corrected chi connectivity index (χ0v) is 12.5. The third-order valence-corrected chi connectivity index (χ3v) is 4.40. The van der Waals surface area contributed by atoms with Crippen molar-refractivity contribution in [2.24, 2.45) is 5.73 Å². The molecule has 1 fully saturated rings. The molecule has 0 aliphatic carbocycles. The van der Waals surface area contributed by atoms with Crippen LogP contribution in [0.3, 0.4) is 0 Å². The van der Waals surface area contributed by atoms with E-state index in [4.69, 9.17) is 10.5 Å². The average molecular weight is 284 g/mol. The van der Waals surface area contributed by atoms with E-state index in [0.717, 1.165) is 36.3 Å². The molecule has 1 unspecified atom stereocenters. The topological polar surface area (TPSA) is 66.0 Å². The van der Waals surface area contributed by atoms with Crippen LogP contribution in [0.2, 0.25) is 0 Å². The first kappa shape index (κ1) is 14.8. The summed E-state index contributed by atoms with van der Waals surface area (Å²) in [5, 5.41) is 9.40.